The molecule has 1 aromatic carbocycles. The van der Waals surface area contributed by atoms with Crippen LogP contribution in [0.15, 0.2) is 46.8 Å². The molecule has 0 bridgehead atoms. The number of aliphatic hydroxyl groups is 1. The van der Waals surface area contributed by atoms with E-state index in [9.17, 15) is 53.4 Å². The van der Waals surface area contributed by atoms with Gasteiger partial charge in [-0.1, -0.05) is 26.0 Å². The van der Waals surface area contributed by atoms with Crippen molar-refractivity contribution in [3.63, 3.8) is 0 Å². The summed E-state index contributed by atoms with van der Waals surface area (Å²) in [6, 6.07) is -4.66. The van der Waals surface area contributed by atoms with Crippen molar-refractivity contribution in [2.24, 2.45) is 44.6 Å². The Morgan fingerprint density at radius 2 is 1.26 bits per heavy atom. The zero-order chi connectivity index (χ0) is 54.4. The number of imidazole rings is 1. The number of phenols is 1. The molecule has 8 atom stereocenters. The molecule has 1 saturated heterocycles. The number of nitrogens with two attached hydrogens (primary N) is 5. The van der Waals surface area contributed by atoms with Crippen LogP contribution in [0.3, 0.4) is 0 Å². The lowest BCUT2D eigenvalue weighted by atomic mass is 9.99. The number of aliphatic hydroxyl groups excluding tert-OH is 1. The normalized spacial score (nSPS) is 15.9. The first-order valence-corrected chi connectivity index (χ1v) is 23.7. The number of likely N-dealkylation sites (tertiary alicyclic amines) is 1. The van der Waals surface area contributed by atoms with Gasteiger partial charge in [-0.05, 0) is 69.1 Å². The van der Waals surface area contributed by atoms with Gasteiger partial charge in [-0.25, -0.2) is 4.98 Å². The predicted molar refractivity (Wildman–Crippen MR) is 265 cm³/mol. The molecule has 0 radical (unpaired) electrons. The zero-order valence-electron chi connectivity index (χ0n) is 41.4. The van der Waals surface area contributed by atoms with Crippen LogP contribution in [0.5, 0.6) is 5.75 Å². The number of primary amides is 1. The fraction of sp³-hybridized carbons (Fsp3) is 0.556. The minimum Gasteiger partial charge on any atom is -0.508 e. The van der Waals surface area contributed by atoms with Crippen molar-refractivity contribution < 1.29 is 53.4 Å². The molecule has 0 aliphatic carbocycles. The molecule has 1 aliphatic heterocycles. The lowest BCUT2D eigenvalue weighted by molar-refractivity contribution is -0.142. The molecule has 2 aromatic rings. The van der Waals surface area contributed by atoms with Crippen molar-refractivity contribution in [3.8, 4) is 5.75 Å². The number of aromatic nitrogens is 2. The number of rotatable bonds is 29. The smallest absolute Gasteiger partial charge is 0.246 e. The van der Waals surface area contributed by atoms with E-state index >= 15 is 0 Å². The second-order valence-electron chi connectivity index (χ2n) is 17.8. The summed E-state index contributed by atoms with van der Waals surface area (Å²) in [5, 5.41) is 38.4. The zero-order valence-corrected chi connectivity index (χ0v) is 41.4. The number of aliphatic imine (C=N–C) groups is 2. The molecular weight excluding hydrogens is 955 g/mol. The molecule has 1 aliphatic rings. The number of aromatic amines is 1. The van der Waals surface area contributed by atoms with Gasteiger partial charge >= 0.3 is 0 Å². The minimum absolute atomic E-state index is 0.00547. The number of hydrogen-bond donors (Lipinski definition) is 15. The molecule has 28 nitrogen and oxygen atoms in total. The van der Waals surface area contributed by atoms with Crippen molar-refractivity contribution in [2.75, 3.05) is 26.2 Å². The molecule has 1 aromatic heterocycles. The molecular formula is C45H71N17O11. The van der Waals surface area contributed by atoms with E-state index in [1.165, 1.54) is 55.5 Å². The highest BCUT2D eigenvalue weighted by Crippen LogP contribution is 2.21. The topological polar surface area (TPSA) is 465 Å². The van der Waals surface area contributed by atoms with Crippen LogP contribution in [0.25, 0.3) is 0 Å². The highest BCUT2D eigenvalue weighted by Gasteiger charge is 2.40. The molecule has 1 fully saturated rings. The summed E-state index contributed by atoms with van der Waals surface area (Å²) in [6.07, 6.45) is 3.64. The van der Waals surface area contributed by atoms with E-state index in [1.807, 2.05) is 0 Å². The summed E-state index contributed by atoms with van der Waals surface area (Å²) < 4.78 is 0. The van der Waals surface area contributed by atoms with E-state index in [4.69, 9.17) is 28.7 Å². The Kier molecular flexibility index (Phi) is 23.8. The van der Waals surface area contributed by atoms with Gasteiger partial charge in [-0.2, -0.15) is 0 Å². The van der Waals surface area contributed by atoms with Gasteiger partial charge in [0.15, 0.2) is 11.9 Å². The lowest BCUT2D eigenvalue weighted by Crippen LogP contribution is -2.61. The molecule has 28 heteroatoms. The van der Waals surface area contributed by atoms with E-state index in [1.54, 1.807) is 13.8 Å². The van der Waals surface area contributed by atoms with Gasteiger partial charge in [0.25, 0.3) is 0 Å². The van der Waals surface area contributed by atoms with Gasteiger partial charge in [0.2, 0.25) is 53.2 Å². The van der Waals surface area contributed by atoms with Crippen LogP contribution in [0.4, 0.5) is 0 Å². The third-order valence-electron chi connectivity index (χ3n) is 11.5. The first-order chi connectivity index (χ1) is 34.5. The Morgan fingerprint density at radius 1 is 0.712 bits per heavy atom. The number of phenolic OH excluding ortho intramolecular Hbond substituents is 1. The molecule has 0 spiro atoms. The molecule has 0 saturated carbocycles. The van der Waals surface area contributed by atoms with Gasteiger partial charge in [0.1, 0.15) is 54.1 Å². The van der Waals surface area contributed by atoms with E-state index in [-0.39, 0.29) is 75.8 Å². The first-order valence-electron chi connectivity index (χ1n) is 23.7. The van der Waals surface area contributed by atoms with Gasteiger partial charge in [0.05, 0.1) is 12.9 Å². The highest BCUT2D eigenvalue weighted by molar-refractivity contribution is 5.98. The van der Waals surface area contributed by atoms with Crippen molar-refractivity contribution in [1.82, 2.24) is 52.1 Å². The standard InChI is InChI=1S/C45H71N17O11/c1-23(2)35(42(72)57-30(9-6-16-53-45(49)50)37(67)55-24(3)36(46)66)61-39(69)31(18-26-11-13-28(65)14-12-26)58-40(70)33(21-63)60-41(71)34-10-7-17-62(34)43(73)32(19-27-20-51-22-54-27)59-38(68)29(56-25(4)64)8-5-15-52-44(47)48/h11-14,20,22-24,29-35,63,65H,5-10,15-19,21H2,1-4H3,(H2,46,66)(H,51,54)(H,55,67)(H,56,64)(H,57,72)(H,58,70)(H,59,68)(H,60,71)(H,61,69)(H4,47,48,52)(H4,49,50,53)/t24-,29-,30-,31-,32-,33-,34-,35-/m0/s1. The lowest BCUT2D eigenvalue weighted by Gasteiger charge is -2.31. The Balaban J connectivity index is 1.84. The Hall–Kier alpha value is -8.04. The van der Waals surface area contributed by atoms with Crippen LogP contribution in [0.1, 0.15) is 77.5 Å². The van der Waals surface area contributed by atoms with Crippen molar-refractivity contribution in [1.29, 1.82) is 0 Å². The van der Waals surface area contributed by atoms with Crippen molar-refractivity contribution in [2.45, 2.75) is 127 Å². The van der Waals surface area contributed by atoms with Crippen molar-refractivity contribution in [3.05, 3.63) is 48.0 Å². The maximum Gasteiger partial charge on any atom is 0.246 e. The van der Waals surface area contributed by atoms with E-state index in [2.05, 4.69) is 57.2 Å². The third-order valence-corrected chi connectivity index (χ3v) is 11.5. The van der Waals surface area contributed by atoms with E-state index in [0.717, 1.165) is 0 Å². The number of hydrogen-bond acceptors (Lipinski definition) is 14. The van der Waals surface area contributed by atoms with Crippen LogP contribution >= 0.6 is 0 Å². The number of nitrogens with zero attached hydrogens (tertiary/aromatic N) is 4. The average molecular weight is 1030 g/mol. The SMILES string of the molecule is CC(=O)N[C@@H](CCCN=C(N)N)C(=O)N[C@@H](Cc1cnc[nH]1)C(=O)N1CCC[C@H]1C(=O)N[C@@H](CO)C(=O)N[C@@H](Cc1ccc(O)cc1)C(=O)N[C@H](C(=O)N[C@@H](CCCN=C(N)N)C(=O)N[C@@H](C)C(N)=O)C(C)C. The maximum absolute atomic E-state index is 14.3. The minimum atomic E-state index is -1.68. The molecule has 3 rings (SSSR count). The Labute approximate surface area is 421 Å². The molecule has 20 N–H and O–H groups in total. The number of H-pyrrole nitrogens is 1. The quantitative estimate of drug-likeness (QED) is 0.0205. The third kappa shape index (κ3) is 19.9. The number of guanidine groups is 2. The van der Waals surface area contributed by atoms with E-state index < -0.39 is 114 Å². The van der Waals surface area contributed by atoms with Gasteiger partial charge < -0.3 is 86.0 Å². The van der Waals surface area contributed by atoms with Crippen LogP contribution in [0, 0.1) is 5.92 Å². The number of carbonyl (C=O) groups excluding carboxylic acids is 9. The molecule has 402 valence electrons. The van der Waals surface area contributed by atoms with Crippen LogP contribution in [-0.2, 0) is 56.0 Å². The fourth-order valence-corrected chi connectivity index (χ4v) is 7.63. The van der Waals surface area contributed by atoms with Crippen LogP contribution in [-0.4, -0.2) is 165 Å². The second kappa shape index (κ2) is 29.3. The highest BCUT2D eigenvalue weighted by atomic mass is 16.3. The van der Waals surface area contributed by atoms with Crippen LogP contribution < -0.4 is 65.9 Å². The average Bonchev–Trinajstić information content (AvgIpc) is 4.04. The summed E-state index contributed by atoms with van der Waals surface area (Å²) in [4.78, 5) is 137. The summed E-state index contributed by atoms with van der Waals surface area (Å²) in [6.45, 7) is 5.19. The second-order valence-corrected chi connectivity index (χ2v) is 17.8. The monoisotopic (exact) mass is 1030 g/mol. The van der Waals surface area contributed by atoms with Crippen LogP contribution in [0.2, 0.25) is 0 Å². The maximum atomic E-state index is 14.3. The Bertz CT molecular complexity index is 2270. The first kappa shape index (κ1) is 59.3. The van der Waals surface area contributed by atoms with Crippen molar-refractivity contribution >= 4 is 65.1 Å². The van der Waals surface area contributed by atoms with Gasteiger partial charge in [-0.15, -0.1) is 0 Å². The number of amides is 9. The molecule has 0 unspecified atom stereocenters. The largest absolute Gasteiger partial charge is 0.508 e. The molecule has 73 heavy (non-hydrogen) atoms. The molecule has 2 heterocycles. The van der Waals surface area contributed by atoms with Gasteiger partial charge in [-0.3, -0.25) is 53.1 Å². The molecule has 9 amide bonds. The number of carbonyl (C=O) groups is 9. The van der Waals surface area contributed by atoms with Gasteiger partial charge in [0, 0.05) is 51.3 Å². The summed E-state index contributed by atoms with van der Waals surface area (Å²) in [5.74, 6) is -8.04. The van der Waals surface area contributed by atoms with E-state index in [0.29, 0.717) is 24.1 Å². The number of benzene rings is 1. The summed E-state index contributed by atoms with van der Waals surface area (Å²) in [7, 11) is 0. The number of nitrogens with one attached hydrogen (secondary N) is 8. The number of aromatic hydroxyl groups is 1. The fourth-order valence-electron chi connectivity index (χ4n) is 7.63. The summed E-state index contributed by atoms with van der Waals surface area (Å²) >= 11 is 0. The predicted octanol–water partition coefficient (Wildman–Crippen LogP) is -5.43. The summed E-state index contributed by atoms with van der Waals surface area (Å²) in [5.41, 5.74) is 27.9. The Morgan fingerprint density at radius 3 is 1.79 bits per heavy atom.